The van der Waals surface area contributed by atoms with Gasteiger partial charge in [-0.05, 0) is 37.6 Å². The van der Waals surface area contributed by atoms with Crippen LogP contribution in [0.2, 0.25) is 0 Å². The summed E-state index contributed by atoms with van der Waals surface area (Å²) in [6.07, 6.45) is 1.68. The fourth-order valence-corrected chi connectivity index (χ4v) is 5.16. The minimum absolute atomic E-state index is 0.113. The molecule has 3 aliphatic heterocycles. The molecule has 0 bridgehead atoms. The standard InChI is InChI=1S/C22H19FN2O3/c23-14-8-4-9-15(12-14)25-21(27)17-16-10-5-11-24(16)19(18(17)22(25)28)20(26)13-6-2-1-3-7-13/h1-4,6-9,12,16-19H,5,10-11H2. The molecule has 6 heteroatoms. The zero-order valence-corrected chi connectivity index (χ0v) is 15.1. The van der Waals surface area contributed by atoms with Gasteiger partial charge in [0, 0.05) is 11.6 Å². The lowest BCUT2D eigenvalue weighted by Gasteiger charge is -2.27. The predicted octanol–water partition coefficient (Wildman–Crippen LogP) is 2.66. The summed E-state index contributed by atoms with van der Waals surface area (Å²) in [5, 5.41) is 0. The molecule has 2 aromatic carbocycles. The Morgan fingerprint density at radius 2 is 1.71 bits per heavy atom. The van der Waals surface area contributed by atoms with Crippen LogP contribution in [0, 0.1) is 17.7 Å². The molecule has 0 N–H and O–H groups in total. The van der Waals surface area contributed by atoms with Gasteiger partial charge in [-0.25, -0.2) is 9.29 Å². The largest absolute Gasteiger partial charge is 0.292 e. The third-order valence-electron chi connectivity index (χ3n) is 6.25. The molecular formula is C22H19FN2O3. The van der Waals surface area contributed by atoms with Gasteiger partial charge in [-0.2, -0.15) is 0 Å². The van der Waals surface area contributed by atoms with Crippen molar-refractivity contribution in [3.05, 3.63) is 66.0 Å². The molecule has 0 aromatic heterocycles. The second-order valence-corrected chi connectivity index (χ2v) is 7.67. The average Bonchev–Trinajstić information content (AvgIpc) is 3.34. The minimum Gasteiger partial charge on any atom is -0.292 e. The van der Waals surface area contributed by atoms with Gasteiger partial charge < -0.3 is 0 Å². The molecular weight excluding hydrogens is 359 g/mol. The maximum atomic E-state index is 13.7. The number of carbonyl (C=O) groups is 3. The molecule has 142 valence electrons. The van der Waals surface area contributed by atoms with Gasteiger partial charge >= 0.3 is 0 Å². The second kappa shape index (κ2) is 6.34. The minimum atomic E-state index is -0.714. The molecule has 2 amide bonds. The summed E-state index contributed by atoms with van der Waals surface area (Å²) in [6, 6.07) is 13.7. The summed E-state index contributed by atoms with van der Waals surface area (Å²) < 4.78 is 13.7. The molecule has 3 aliphatic rings. The van der Waals surface area contributed by atoms with Gasteiger partial charge in [0.15, 0.2) is 5.78 Å². The summed E-state index contributed by atoms with van der Waals surface area (Å²) >= 11 is 0. The number of carbonyl (C=O) groups excluding carboxylic acids is 3. The highest BCUT2D eigenvalue weighted by atomic mass is 19.1. The molecule has 5 nitrogen and oxygen atoms in total. The molecule has 2 aromatic rings. The summed E-state index contributed by atoms with van der Waals surface area (Å²) in [7, 11) is 0. The summed E-state index contributed by atoms with van der Waals surface area (Å²) in [5.74, 6) is -2.60. The SMILES string of the molecule is O=C(c1ccccc1)C1C2C(=O)N(c3cccc(F)c3)C(=O)C2C2CCCN21. The lowest BCUT2D eigenvalue weighted by molar-refractivity contribution is -0.123. The van der Waals surface area contributed by atoms with Gasteiger partial charge in [0.05, 0.1) is 23.6 Å². The van der Waals surface area contributed by atoms with E-state index < -0.39 is 29.6 Å². The third-order valence-corrected chi connectivity index (χ3v) is 6.25. The van der Waals surface area contributed by atoms with Crippen LogP contribution in [0.5, 0.6) is 0 Å². The van der Waals surface area contributed by atoms with Crippen molar-refractivity contribution < 1.29 is 18.8 Å². The van der Waals surface area contributed by atoms with E-state index in [2.05, 4.69) is 0 Å². The van der Waals surface area contributed by atoms with Crippen molar-refractivity contribution in [2.45, 2.75) is 24.9 Å². The number of fused-ring (bicyclic) bond motifs is 3. The number of ketones is 1. The topological polar surface area (TPSA) is 57.7 Å². The molecule has 0 radical (unpaired) electrons. The van der Waals surface area contributed by atoms with Crippen LogP contribution >= 0.6 is 0 Å². The van der Waals surface area contributed by atoms with Crippen molar-refractivity contribution in [2.24, 2.45) is 11.8 Å². The lowest BCUT2D eigenvalue weighted by atomic mass is 9.85. The van der Waals surface area contributed by atoms with Gasteiger partial charge in [0.1, 0.15) is 5.82 Å². The Labute approximate surface area is 161 Å². The van der Waals surface area contributed by atoms with Crippen molar-refractivity contribution >= 4 is 23.3 Å². The third kappa shape index (κ3) is 2.37. The Kier molecular flexibility index (Phi) is 3.91. The van der Waals surface area contributed by atoms with E-state index in [1.54, 1.807) is 30.3 Å². The van der Waals surface area contributed by atoms with Crippen LogP contribution < -0.4 is 4.90 Å². The maximum absolute atomic E-state index is 13.7. The fourth-order valence-electron chi connectivity index (χ4n) is 5.16. The Bertz CT molecular complexity index is 977. The number of benzene rings is 2. The Morgan fingerprint density at radius 1 is 0.964 bits per heavy atom. The van der Waals surface area contributed by atoms with Crippen LogP contribution in [0.4, 0.5) is 10.1 Å². The zero-order valence-electron chi connectivity index (χ0n) is 15.1. The normalized spacial score (nSPS) is 29.2. The van der Waals surface area contributed by atoms with E-state index in [9.17, 15) is 18.8 Å². The molecule has 4 unspecified atom stereocenters. The number of imide groups is 1. The van der Waals surface area contributed by atoms with Crippen LogP contribution in [0.1, 0.15) is 23.2 Å². The van der Waals surface area contributed by atoms with Gasteiger partial charge in [0.25, 0.3) is 0 Å². The smallest absolute Gasteiger partial charge is 0.239 e. The lowest BCUT2D eigenvalue weighted by Crippen LogP contribution is -2.46. The van der Waals surface area contributed by atoms with Crippen molar-refractivity contribution in [3.63, 3.8) is 0 Å². The number of hydrogen-bond donors (Lipinski definition) is 0. The number of rotatable bonds is 3. The number of halogens is 1. The van der Waals surface area contributed by atoms with Crippen LogP contribution in [0.25, 0.3) is 0 Å². The van der Waals surface area contributed by atoms with Crippen LogP contribution in [0.15, 0.2) is 54.6 Å². The Hall–Kier alpha value is -2.86. The average molecular weight is 378 g/mol. The number of hydrogen-bond acceptors (Lipinski definition) is 4. The molecule has 3 saturated heterocycles. The zero-order chi connectivity index (χ0) is 19.4. The summed E-state index contributed by atoms with van der Waals surface area (Å²) in [5.41, 5.74) is 0.781. The van der Waals surface area contributed by atoms with E-state index in [1.807, 2.05) is 11.0 Å². The Balaban J connectivity index is 1.56. The summed E-state index contributed by atoms with van der Waals surface area (Å²) in [6.45, 7) is 0.710. The highest BCUT2D eigenvalue weighted by Gasteiger charge is 2.64. The van der Waals surface area contributed by atoms with E-state index in [0.717, 1.165) is 17.7 Å². The number of anilines is 1. The van der Waals surface area contributed by atoms with Crippen molar-refractivity contribution in [3.8, 4) is 0 Å². The van der Waals surface area contributed by atoms with E-state index in [1.165, 1.54) is 18.2 Å². The van der Waals surface area contributed by atoms with Crippen molar-refractivity contribution in [1.29, 1.82) is 0 Å². The van der Waals surface area contributed by atoms with E-state index in [4.69, 9.17) is 0 Å². The van der Waals surface area contributed by atoms with Gasteiger partial charge in [-0.1, -0.05) is 36.4 Å². The molecule has 0 spiro atoms. The fraction of sp³-hybridized carbons (Fsp3) is 0.318. The second-order valence-electron chi connectivity index (χ2n) is 7.67. The molecule has 4 atom stereocenters. The Morgan fingerprint density at radius 3 is 2.46 bits per heavy atom. The van der Waals surface area contributed by atoms with Gasteiger partial charge in [-0.3, -0.25) is 19.3 Å². The molecule has 3 fully saturated rings. The van der Waals surface area contributed by atoms with E-state index in [0.29, 0.717) is 12.1 Å². The quantitative estimate of drug-likeness (QED) is 0.609. The predicted molar refractivity (Wildman–Crippen MR) is 100 cm³/mol. The monoisotopic (exact) mass is 378 g/mol. The first-order valence-corrected chi connectivity index (χ1v) is 9.56. The maximum Gasteiger partial charge on any atom is 0.239 e. The van der Waals surface area contributed by atoms with E-state index in [-0.39, 0.29) is 23.4 Å². The molecule has 3 heterocycles. The first-order valence-electron chi connectivity index (χ1n) is 9.56. The molecule has 0 aliphatic carbocycles. The van der Waals surface area contributed by atoms with Gasteiger partial charge in [-0.15, -0.1) is 0 Å². The van der Waals surface area contributed by atoms with Gasteiger partial charge in [0.2, 0.25) is 11.8 Å². The van der Waals surface area contributed by atoms with Crippen LogP contribution in [-0.2, 0) is 9.59 Å². The number of amides is 2. The first-order chi connectivity index (χ1) is 13.6. The van der Waals surface area contributed by atoms with Crippen molar-refractivity contribution in [1.82, 2.24) is 4.90 Å². The highest BCUT2D eigenvalue weighted by Crippen LogP contribution is 2.48. The van der Waals surface area contributed by atoms with Crippen LogP contribution in [-0.4, -0.2) is 41.1 Å². The number of Topliss-reactive ketones (excluding diaryl/α,β-unsaturated/α-hetero) is 1. The first kappa shape index (κ1) is 17.3. The van der Waals surface area contributed by atoms with Crippen molar-refractivity contribution in [2.75, 3.05) is 11.4 Å². The number of nitrogens with zero attached hydrogens (tertiary/aromatic N) is 2. The molecule has 5 rings (SSSR count). The van der Waals surface area contributed by atoms with E-state index >= 15 is 0 Å². The summed E-state index contributed by atoms with van der Waals surface area (Å²) in [4.78, 5) is 42.9. The van der Waals surface area contributed by atoms with Crippen LogP contribution in [0.3, 0.4) is 0 Å². The molecule has 28 heavy (non-hydrogen) atoms. The molecule has 0 saturated carbocycles. The highest BCUT2D eigenvalue weighted by molar-refractivity contribution is 6.24.